The van der Waals surface area contributed by atoms with Crippen LogP contribution >= 0.6 is 0 Å². The van der Waals surface area contributed by atoms with E-state index in [9.17, 15) is 0 Å². The molecule has 0 fully saturated rings. The summed E-state index contributed by atoms with van der Waals surface area (Å²) in [5, 5.41) is 18.2. The zero-order valence-electron chi connectivity index (χ0n) is 22.4. The summed E-state index contributed by atoms with van der Waals surface area (Å²) in [6.07, 6.45) is 1.03. The lowest BCUT2D eigenvalue weighted by Crippen LogP contribution is -1.84. The second-order valence-electron chi connectivity index (χ2n) is 11.9. The van der Waals surface area contributed by atoms with E-state index in [2.05, 4.69) is 133 Å². The predicted molar refractivity (Wildman–Crippen MR) is 177 cm³/mol. The first-order valence-electron chi connectivity index (χ1n) is 14.4. The minimum atomic E-state index is 1.03. The predicted octanol–water partition coefficient (Wildman–Crippen LogP) is 11.3. The fourth-order valence-corrected chi connectivity index (χ4v) is 7.34. The maximum Gasteiger partial charge on any atom is -0.00132 e. The average Bonchev–Trinajstić information content (AvgIpc) is 3.35. The molecule has 0 spiro atoms. The summed E-state index contributed by atoms with van der Waals surface area (Å²) in [7, 11) is 0. The third kappa shape index (κ3) is 3.16. The molecule has 9 aromatic carbocycles. The molecule has 9 aromatic rings. The maximum absolute atomic E-state index is 2.41. The Labute approximate surface area is 237 Å². The van der Waals surface area contributed by atoms with Gasteiger partial charge in [-0.1, -0.05) is 54.6 Å². The highest BCUT2D eigenvalue weighted by Crippen LogP contribution is 2.40. The molecule has 0 saturated heterocycles. The molecule has 0 atom stereocenters. The highest BCUT2D eigenvalue weighted by atomic mass is 14.2. The number of fused-ring (bicyclic) bond motifs is 10. The standard InChI is InChI=1S/C41H24/c1-2-6-25-10-28-13-30-15-32-17-34-19-36-21-38-23-41-39(11-26-7-3-4-8-40(26)41)22-37(38)20-35(36)18-33(34)16-31(32)14-29(30)12-27(28)9-24(25)5-1/h1-10,12-23H,11H2. The highest BCUT2D eigenvalue weighted by molar-refractivity contribution is 6.12. The molecule has 0 N–H and O–H groups in total. The molecule has 0 heterocycles. The molecule has 0 amide bonds. The zero-order chi connectivity index (χ0) is 26.7. The largest absolute Gasteiger partial charge is 0.0619 e. The number of hydrogen-bond acceptors (Lipinski definition) is 0. The van der Waals surface area contributed by atoms with Crippen molar-refractivity contribution in [3.05, 3.63) is 145 Å². The molecule has 0 saturated carbocycles. The Kier molecular flexibility index (Phi) is 4.06. The molecule has 1 aliphatic carbocycles. The molecular weight excluding hydrogens is 492 g/mol. The van der Waals surface area contributed by atoms with E-state index in [1.807, 2.05) is 0 Å². The van der Waals surface area contributed by atoms with Crippen molar-refractivity contribution < 1.29 is 0 Å². The lowest BCUT2D eigenvalue weighted by atomic mass is 9.94. The second-order valence-corrected chi connectivity index (χ2v) is 11.9. The Morgan fingerprint density at radius 3 is 1.05 bits per heavy atom. The Hall–Kier alpha value is -5.20. The number of benzene rings is 9. The summed E-state index contributed by atoms with van der Waals surface area (Å²) in [5.41, 5.74) is 5.67. The van der Waals surface area contributed by atoms with Crippen LogP contribution in [0.5, 0.6) is 0 Å². The van der Waals surface area contributed by atoms with Gasteiger partial charge in [0.05, 0.1) is 0 Å². The summed E-state index contributed by atoms with van der Waals surface area (Å²) in [6.45, 7) is 0. The lowest BCUT2D eigenvalue weighted by molar-refractivity contribution is 1.27. The van der Waals surface area contributed by atoms with Gasteiger partial charge in [0, 0.05) is 0 Å². The Morgan fingerprint density at radius 1 is 0.244 bits per heavy atom. The molecule has 188 valence electrons. The fourth-order valence-electron chi connectivity index (χ4n) is 7.34. The molecular formula is C41H24. The van der Waals surface area contributed by atoms with E-state index in [-0.39, 0.29) is 0 Å². The van der Waals surface area contributed by atoms with Gasteiger partial charge in [0.1, 0.15) is 0 Å². The highest BCUT2D eigenvalue weighted by Gasteiger charge is 2.18. The van der Waals surface area contributed by atoms with Crippen molar-refractivity contribution >= 4 is 75.4 Å². The Balaban J connectivity index is 1.17. The van der Waals surface area contributed by atoms with Gasteiger partial charge in [-0.05, 0) is 183 Å². The van der Waals surface area contributed by atoms with Gasteiger partial charge in [-0.3, -0.25) is 0 Å². The molecule has 10 rings (SSSR count). The van der Waals surface area contributed by atoms with Crippen molar-refractivity contribution in [2.24, 2.45) is 0 Å². The van der Waals surface area contributed by atoms with Crippen LogP contribution in [0, 0.1) is 0 Å². The van der Waals surface area contributed by atoms with Crippen LogP contribution in [-0.4, -0.2) is 0 Å². The Morgan fingerprint density at radius 2 is 0.585 bits per heavy atom. The number of rotatable bonds is 0. The SMILES string of the molecule is c1ccc2c(c1)Cc1cc3cc4cc5cc6cc7cc8cc9ccccc9cc8cc7cc6cc5cc4cc3cc1-2. The van der Waals surface area contributed by atoms with Gasteiger partial charge in [0.15, 0.2) is 0 Å². The van der Waals surface area contributed by atoms with Gasteiger partial charge >= 0.3 is 0 Å². The van der Waals surface area contributed by atoms with Crippen LogP contribution in [0.4, 0.5) is 0 Å². The van der Waals surface area contributed by atoms with Crippen molar-refractivity contribution in [2.45, 2.75) is 6.42 Å². The van der Waals surface area contributed by atoms with E-state index < -0.39 is 0 Å². The molecule has 0 aromatic heterocycles. The molecule has 0 bridgehead atoms. The van der Waals surface area contributed by atoms with E-state index >= 15 is 0 Å². The summed E-state index contributed by atoms with van der Waals surface area (Å²) < 4.78 is 0. The van der Waals surface area contributed by atoms with Gasteiger partial charge in [0.25, 0.3) is 0 Å². The van der Waals surface area contributed by atoms with Crippen LogP contribution in [-0.2, 0) is 6.42 Å². The minimum absolute atomic E-state index is 1.03. The molecule has 0 aliphatic heterocycles. The molecule has 1 aliphatic rings. The van der Waals surface area contributed by atoms with Crippen LogP contribution in [0.3, 0.4) is 0 Å². The van der Waals surface area contributed by atoms with Crippen LogP contribution in [0.2, 0.25) is 0 Å². The molecule has 0 radical (unpaired) electrons. The molecule has 41 heavy (non-hydrogen) atoms. The van der Waals surface area contributed by atoms with Crippen molar-refractivity contribution in [2.75, 3.05) is 0 Å². The van der Waals surface area contributed by atoms with Gasteiger partial charge < -0.3 is 0 Å². The Bertz CT molecular complexity index is 2600. The van der Waals surface area contributed by atoms with Crippen LogP contribution in [0.25, 0.3) is 86.5 Å². The first-order chi connectivity index (χ1) is 20.2. The first-order valence-corrected chi connectivity index (χ1v) is 14.4. The van der Waals surface area contributed by atoms with E-state index in [0.29, 0.717) is 0 Å². The maximum atomic E-state index is 2.41. The summed E-state index contributed by atoms with van der Waals surface area (Å²) in [5.74, 6) is 0. The number of hydrogen-bond donors (Lipinski definition) is 0. The quantitative estimate of drug-likeness (QED) is 0.176. The topological polar surface area (TPSA) is 0 Å². The summed E-state index contributed by atoms with van der Waals surface area (Å²) in [4.78, 5) is 0. The van der Waals surface area contributed by atoms with Crippen molar-refractivity contribution in [1.82, 2.24) is 0 Å². The van der Waals surface area contributed by atoms with Crippen molar-refractivity contribution in [3.63, 3.8) is 0 Å². The zero-order valence-corrected chi connectivity index (χ0v) is 22.4. The summed E-state index contributed by atoms with van der Waals surface area (Å²) in [6, 6.07) is 50.6. The van der Waals surface area contributed by atoms with Crippen LogP contribution < -0.4 is 0 Å². The van der Waals surface area contributed by atoms with Gasteiger partial charge in [-0.2, -0.15) is 0 Å². The van der Waals surface area contributed by atoms with Crippen LogP contribution in [0.1, 0.15) is 11.1 Å². The van der Waals surface area contributed by atoms with Crippen LogP contribution in [0.15, 0.2) is 133 Å². The third-order valence-electron chi connectivity index (χ3n) is 9.39. The summed E-state index contributed by atoms with van der Waals surface area (Å²) >= 11 is 0. The molecule has 0 unspecified atom stereocenters. The van der Waals surface area contributed by atoms with Gasteiger partial charge in [0.2, 0.25) is 0 Å². The monoisotopic (exact) mass is 516 g/mol. The first kappa shape index (κ1) is 21.6. The lowest BCUT2D eigenvalue weighted by Gasteiger charge is -2.10. The molecule has 0 heteroatoms. The van der Waals surface area contributed by atoms with E-state index in [0.717, 1.165) is 6.42 Å². The van der Waals surface area contributed by atoms with E-state index in [1.165, 1.54) is 97.7 Å². The van der Waals surface area contributed by atoms with E-state index in [4.69, 9.17) is 0 Å². The smallest absolute Gasteiger partial charge is 0.00132 e. The normalized spacial score (nSPS) is 12.8. The van der Waals surface area contributed by atoms with E-state index in [1.54, 1.807) is 0 Å². The van der Waals surface area contributed by atoms with Crippen molar-refractivity contribution in [1.29, 1.82) is 0 Å². The van der Waals surface area contributed by atoms with Gasteiger partial charge in [-0.25, -0.2) is 0 Å². The second kappa shape index (κ2) is 7.71. The fraction of sp³-hybridized carbons (Fsp3) is 0.0244. The third-order valence-corrected chi connectivity index (χ3v) is 9.39. The van der Waals surface area contributed by atoms with Crippen molar-refractivity contribution in [3.8, 4) is 11.1 Å². The minimum Gasteiger partial charge on any atom is -0.0619 e. The van der Waals surface area contributed by atoms with Gasteiger partial charge in [-0.15, -0.1) is 0 Å². The molecule has 0 nitrogen and oxygen atoms in total. The average molecular weight is 517 g/mol.